The van der Waals surface area contributed by atoms with Crippen LogP contribution in [-0.2, 0) is 6.61 Å². The molecule has 0 amide bonds. The van der Waals surface area contributed by atoms with Gasteiger partial charge in [0.1, 0.15) is 18.2 Å². The second kappa shape index (κ2) is 5.43. The van der Waals surface area contributed by atoms with Crippen LogP contribution in [-0.4, -0.2) is 9.55 Å². The fraction of sp³-hybridized carbons (Fsp3) is 0.182. The van der Waals surface area contributed by atoms with Gasteiger partial charge in [-0.1, -0.05) is 0 Å². The van der Waals surface area contributed by atoms with Gasteiger partial charge in [-0.05, 0) is 34.1 Å². The number of rotatable bonds is 4. The van der Waals surface area contributed by atoms with Crippen LogP contribution in [0.25, 0.3) is 0 Å². The summed E-state index contributed by atoms with van der Waals surface area (Å²) in [5.41, 5.74) is 0. The predicted molar refractivity (Wildman–Crippen MR) is 61.9 cm³/mol. The Labute approximate surface area is 109 Å². The first-order valence-corrected chi connectivity index (χ1v) is 5.75. The molecule has 0 aliphatic rings. The fourth-order valence-electron chi connectivity index (χ4n) is 1.35. The molecular weight excluding hydrogens is 313 g/mol. The van der Waals surface area contributed by atoms with E-state index < -0.39 is 12.4 Å². The Morgan fingerprint density at radius 1 is 1.39 bits per heavy atom. The van der Waals surface area contributed by atoms with E-state index in [1.54, 1.807) is 0 Å². The number of aromatic nitrogens is 2. The van der Waals surface area contributed by atoms with E-state index in [1.807, 2.05) is 0 Å². The summed E-state index contributed by atoms with van der Waals surface area (Å²) in [6.45, 7) is -2.78. The molecule has 1 heterocycles. The zero-order chi connectivity index (χ0) is 13.1. The number of hydrogen-bond acceptors (Lipinski definition) is 2. The van der Waals surface area contributed by atoms with E-state index in [0.29, 0.717) is 10.3 Å². The largest absolute Gasteiger partial charge is 0.486 e. The standard InChI is InChI=1S/C11H8BrF3N2O/c12-8-5-7(1-2-9(8)13)18-6-10-16-3-4-17(10)11(14)15/h1-5,11H,6H2. The minimum atomic E-state index is -2.66. The number of hydrogen-bond donors (Lipinski definition) is 0. The molecule has 0 unspecified atom stereocenters. The van der Waals surface area contributed by atoms with Crippen molar-refractivity contribution in [3.05, 3.63) is 46.7 Å². The third-order valence-electron chi connectivity index (χ3n) is 2.22. The minimum absolute atomic E-state index is 0.102. The Bertz CT molecular complexity index is 545. The number of halogens is 4. The predicted octanol–water partition coefficient (Wildman–Crippen LogP) is 3.76. The van der Waals surface area contributed by atoms with Crippen molar-refractivity contribution in [1.29, 1.82) is 0 Å². The van der Waals surface area contributed by atoms with Crippen LogP contribution in [0.2, 0.25) is 0 Å². The maximum atomic E-state index is 13.0. The summed E-state index contributed by atoms with van der Waals surface area (Å²) in [7, 11) is 0. The summed E-state index contributed by atoms with van der Waals surface area (Å²) in [5.74, 6) is 0.0500. The Morgan fingerprint density at radius 2 is 2.17 bits per heavy atom. The molecule has 0 aliphatic heterocycles. The molecule has 0 radical (unpaired) electrons. The van der Waals surface area contributed by atoms with Gasteiger partial charge in [0.05, 0.1) is 4.47 Å². The van der Waals surface area contributed by atoms with Crippen LogP contribution >= 0.6 is 15.9 Å². The average Bonchev–Trinajstić information content (AvgIpc) is 2.79. The quantitative estimate of drug-likeness (QED) is 0.857. The number of alkyl halides is 2. The summed E-state index contributed by atoms with van der Waals surface area (Å²) >= 11 is 3.01. The van der Waals surface area contributed by atoms with E-state index >= 15 is 0 Å². The van der Waals surface area contributed by atoms with Crippen LogP contribution in [0.3, 0.4) is 0 Å². The zero-order valence-corrected chi connectivity index (χ0v) is 10.6. The molecule has 0 atom stereocenters. The third kappa shape index (κ3) is 2.84. The van der Waals surface area contributed by atoms with Crippen molar-refractivity contribution in [3.63, 3.8) is 0 Å². The van der Waals surface area contributed by atoms with E-state index in [-0.39, 0.29) is 16.9 Å². The monoisotopic (exact) mass is 320 g/mol. The summed E-state index contributed by atoms with van der Waals surface area (Å²) in [5, 5.41) is 0. The highest BCUT2D eigenvalue weighted by Gasteiger charge is 2.11. The first-order valence-electron chi connectivity index (χ1n) is 4.95. The van der Waals surface area contributed by atoms with Crippen LogP contribution < -0.4 is 4.74 Å². The fourth-order valence-corrected chi connectivity index (χ4v) is 1.71. The molecule has 0 fully saturated rings. The normalized spacial score (nSPS) is 10.9. The lowest BCUT2D eigenvalue weighted by Crippen LogP contribution is -2.07. The van der Waals surface area contributed by atoms with Gasteiger partial charge in [-0.15, -0.1) is 0 Å². The van der Waals surface area contributed by atoms with Crippen LogP contribution in [0.1, 0.15) is 12.4 Å². The van der Waals surface area contributed by atoms with Gasteiger partial charge >= 0.3 is 6.55 Å². The van der Waals surface area contributed by atoms with Gasteiger partial charge in [0, 0.05) is 12.4 Å². The Hall–Kier alpha value is -1.50. The molecule has 0 spiro atoms. The first-order chi connectivity index (χ1) is 8.58. The maximum Gasteiger partial charge on any atom is 0.320 e. The van der Waals surface area contributed by atoms with Crippen LogP contribution in [0.15, 0.2) is 35.1 Å². The smallest absolute Gasteiger partial charge is 0.320 e. The highest BCUT2D eigenvalue weighted by Crippen LogP contribution is 2.22. The van der Waals surface area contributed by atoms with E-state index in [1.165, 1.54) is 30.6 Å². The van der Waals surface area contributed by atoms with Gasteiger partial charge in [0.25, 0.3) is 0 Å². The second-order valence-corrected chi connectivity index (χ2v) is 4.25. The van der Waals surface area contributed by atoms with Crippen molar-refractivity contribution in [2.24, 2.45) is 0 Å². The molecule has 1 aromatic heterocycles. The molecule has 3 nitrogen and oxygen atoms in total. The second-order valence-electron chi connectivity index (χ2n) is 3.39. The number of ether oxygens (including phenoxy) is 1. The van der Waals surface area contributed by atoms with E-state index in [4.69, 9.17) is 4.74 Å². The van der Waals surface area contributed by atoms with Crippen LogP contribution in [0.5, 0.6) is 5.75 Å². The van der Waals surface area contributed by atoms with Gasteiger partial charge in [0.2, 0.25) is 0 Å². The molecule has 0 N–H and O–H groups in total. The Balaban J connectivity index is 2.07. The highest BCUT2D eigenvalue weighted by molar-refractivity contribution is 9.10. The molecule has 0 bridgehead atoms. The number of imidazole rings is 1. The third-order valence-corrected chi connectivity index (χ3v) is 2.83. The van der Waals surface area contributed by atoms with E-state index in [2.05, 4.69) is 20.9 Å². The summed E-state index contributed by atoms with van der Waals surface area (Å²) < 4.78 is 44.2. The molecule has 2 rings (SSSR count). The number of nitrogens with zero attached hydrogens (tertiary/aromatic N) is 2. The van der Waals surface area contributed by atoms with Crippen LogP contribution in [0.4, 0.5) is 13.2 Å². The molecule has 0 saturated carbocycles. The molecule has 0 saturated heterocycles. The molecule has 96 valence electrons. The van der Waals surface area contributed by atoms with Crippen molar-refractivity contribution in [2.45, 2.75) is 13.2 Å². The van der Waals surface area contributed by atoms with Gasteiger partial charge in [0.15, 0.2) is 5.82 Å². The SMILES string of the molecule is Fc1ccc(OCc2nccn2C(F)F)cc1Br. The topological polar surface area (TPSA) is 27.1 Å². The maximum absolute atomic E-state index is 13.0. The van der Waals surface area contributed by atoms with Crippen LogP contribution in [0, 0.1) is 5.82 Å². The molecular formula is C11H8BrF3N2O. The lowest BCUT2D eigenvalue weighted by molar-refractivity contribution is 0.0632. The van der Waals surface area contributed by atoms with Crippen molar-refractivity contribution >= 4 is 15.9 Å². The van der Waals surface area contributed by atoms with E-state index in [9.17, 15) is 13.2 Å². The van der Waals surface area contributed by atoms with Gasteiger partial charge in [-0.25, -0.2) is 9.37 Å². The summed E-state index contributed by atoms with van der Waals surface area (Å²) in [6, 6.07) is 4.06. The zero-order valence-electron chi connectivity index (χ0n) is 8.99. The minimum Gasteiger partial charge on any atom is -0.486 e. The molecule has 2 aromatic rings. The van der Waals surface area contributed by atoms with Crippen molar-refractivity contribution in [2.75, 3.05) is 0 Å². The molecule has 18 heavy (non-hydrogen) atoms. The highest BCUT2D eigenvalue weighted by atomic mass is 79.9. The first kappa shape index (κ1) is 12.9. The summed E-state index contributed by atoms with van der Waals surface area (Å²) in [6.07, 6.45) is 2.44. The summed E-state index contributed by atoms with van der Waals surface area (Å²) in [4.78, 5) is 3.76. The molecule has 7 heteroatoms. The molecule has 1 aromatic carbocycles. The lowest BCUT2D eigenvalue weighted by Gasteiger charge is -2.08. The van der Waals surface area contributed by atoms with Crippen molar-refractivity contribution in [3.8, 4) is 5.75 Å². The number of benzene rings is 1. The van der Waals surface area contributed by atoms with Gasteiger partial charge in [-0.2, -0.15) is 8.78 Å². The van der Waals surface area contributed by atoms with Gasteiger partial charge in [-0.3, -0.25) is 4.57 Å². The Kier molecular flexibility index (Phi) is 3.90. The van der Waals surface area contributed by atoms with Crippen molar-refractivity contribution < 1.29 is 17.9 Å². The molecule has 0 aliphatic carbocycles. The Morgan fingerprint density at radius 3 is 2.83 bits per heavy atom. The average molecular weight is 321 g/mol. The van der Waals surface area contributed by atoms with Crippen molar-refractivity contribution in [1.82, 2.24) is 9.55 Å². The van der Waals surface area contributed by atoms with Gasteiger partial charge < -0.3 is 4.74 Å². The van der Waals surface area contributed by atoms with E-state index in [0.717, 1.165) is 0 Å². The lowest BCUT2D eigenvalue weighted by atomic mass is 10.3.